The van der Waals surface area contributed by atoms with Gasteiger partial charge in [0.05, 0.1) is 6.26 Å². The number of aliphatic hydroxyl groups excluding tert-OH is 1. The highest BCUT2D eigenvalue weighted by molar-refractivity contribution is 7.88. The zero-order chi connectivity index (χ0) is 17.0. The molecule has 0 radical (unpaired) electrons. The van der Waals surface area contributed by atoms with Crippen LogP contribution < -0.4 is 4.74 Å². The quantitative estimate of drug-likeness (QED) is 0.841. The van der Waals surface area contributed by atoms with Crippen molar-refractivity contribution in [1.82, 2.24) is 4.31 Å². The highest BCUT2D eigenvalue weighted by atomic mass is 32.2. The SMILES string of the molecule is CC(C)N(CC(O)COc1cccc2ccccc12)S(C)(=O)=O. The molecule has 2 rings (SSSR count). The van der Waals surface area contributed by atoms with Crippen LogP contribution >= 0.6 is 0 Å². The summed E-state index contributed by atoms with van der Waals surface area (Å²) in [4.78, 5) is 0. The van der Waals surface area contributed by atoms with Crippen LogP contribution in [0.15, 0.2) is 42.5 Å². The topological polar surface area (TPSA) is 66.8 Å². The molecule has 5 nitrogen and oxygen atoms in total. The van der Waals surface area contributed by atoms with Crippen LogP contribution in [0.1, 0.15) is 13.8 Å². The van der Waals surface area contributed by atoms with Crippen molar-refractivity contribution in [2.24, 2.45) is 0 Å². The number of fused-ring (bicyclic) bond motifs is 1. The first-order chi connectivity index (χ1) is 10.8. The zero-order valence-corrected chi connectivity index (χ0v) is 14.5. The first kappa shape index (κ1) is 17.7. The van der Waals surface area contributed by atoms with Gasteiger partial charge in [-0.1, -0.05) is 36.4 Å². The van der Waals surface area contributed by atoms with Gasteiger partial charge < -0.3 is 9.84 Å². The Kier molecular flexibility index (Phi) is 5.62. The van der Waals surface area contributed by atoms with Gasteiger partial charge in [-0.2, -0.15) is 4.31 Å². The molecule has 0 aliphatic heterocycles. The molecule has 2 aromatic rings. The van der Waals surface area contributed by atoms with E-state index >= 15 is 0 Å². The largest absolute Gasteiger partial charge is 0.490 e. The fraction of sp³-hybridized carbons (Fsp3) is 0.412. The summed E-state index contributed by atoms with van der Waals surface area (Å²) in [6, 6.07) is 13.3. The van der Waals surface area contributed by atoms with Crippen LogP contribution in [-0.2, 0) is 10.0 Å². The predicted octanol–water partition coefficient (Wildman–Crippen LogP) is 2.25. The molecule has 0 aliphatic rings. The lowest BCUT2D eigenvalue weighted by Gasteiger charge is -2.26. The van der Waals surface area contributed by atoms with Crippen molar-refractivity contribution >= 4 is 20.8 Å². The molecule has 1 unspecified atom stereocenters. The highest BCUT2D eigenvalue weighted by Gasteiger charge is 2.23. The minimum Gasteiger partial charge on any atom is -0.490 e. The fourth-order valence-corrected chi connectivity index (χ4v) is 3.71. The number of nitrogens with zero attached hydrogens (tertiary/aromatic N) is 1. The molecule has 1 N–H and O–H groups in total. The first-order valence-electron chi connectivity index (χ1n) is 7.54. The van der Waals surface area contributed by atoms with E-state index in [-0.39, 0.29) is 19.2 Å². The molecule has 23 heavy (non-hydrogen) atoms. The first-order valence-corrected chi connectivity index (χ1v) is 9.39. The lowest BCUT2D eigenvalue weighted by Crippen LogP contribution is -2.43. The molecular weight excluding hydrogens is 314 g/mol. The van der Waals surface area contributed by atoms with Crippen molar-refractivity contribution in [1.29, 1.82) is 0 Å². The summed E-state index contributed by atoms with van der Waals surface area (Å²) >= 11 is 0. The van der Waals surface area contributed by atoms with Gasteiger partial charge in [0.2, 0.25) is 10.0 Å². The lowest BCUT2D eigenvalue weighted by molar-refractivity contribution is 0.0848. The molecule has 126 valence electrons. The Morgan fingerprint density at radius 1 is 1.13 bits per heavy atom. The van der Waals surface area contributed by atoms with Crippen molar-refractivity contribution < 1.29 is 18.3 Å². The summed E-state index contributed by atoms with van der Waals surface area (Å²) < 4.78 is 30.4. The summed E-state index contributed by atoms with van der Waals surface area (Å²) in [5.74, 6) is 0.678. The third-order valence-corrected chi connectivity index (χ3v) is 5.00. The number of hydrogen-bond donors (Lipinski definition) is 1. The monoisotopic (exact) mass is 337 g/mol. The Hall–Kier alpha value is -1.63. The number of rotatable bonds is 7. The van der Waals surface area contributed by atoms with Gasteiger partial charge in [0.15, 0.2) is 0 Å². The van der Waals surface area contributed by atoms with Crippen LogP contribution in [0.2, 0.25) is 0 Å². The highest BCUT2D eigenvalue weighted by Crippen LogP contribution is 2.25. The van der Waals surface area contributed by atoms with E-state index in [4.69, 9.17) is 4.74 Å². The summed E-state index contributed by atoms with van der Waals surface area (Å²) in [6.07, 6.45) is 0.247. The maximum atomic E-state index is 11.7. The van der Waals surface area contributed by atoms with E-state index in [9.17, 15) is 13.5 Å². The molecular formula is C17H23NO4S. The smallest absolute Gasteiger partial charge is 0.211 e. The van der Waals surface area contributed by atoms with Crippen molar-refractivity contribution in [3.8, 4) is 5.75 Å². The van der Waals surface area contributed by atoms with Gasteiger partial charge >= 0.3 is 0 Å². The number of ether oxygens (including phenoxy) is 1. The van der Waals surface area contributed by atoms with Gasteiger partial charge in [0.1, 0.15) is 18.5 Å². The molecule has 0 saturated heterocycles. The van der Waals surface area contributed by atoms with E-state index in [2.05, 4.69) is 0 Å². The van der Waals surface area contributed by atoms with E-state index in [1.165, 1.54) is 4.31 Å². The van der Waals surface area contributed by atoms with E-state index in [1.807, 2.05) is 42.5 Å². The molecule has 0 heterocycles. The van der Waals surface area contributed by atoms with Crippen molar-refractivity contribution in [2.45, 2.75) is 26.0 Å². The van der Waals surface area contributed by atoms with Gasteiger partial charge in [-0.3, -0.25) is 0 Å². The van der Waals surface area contributed by atoms with E-state index in [1.54, 1.807) is 13.8 Å². The molecule has 0 saturated carbocycles. The maximum absolute atomic E-state index is 11.7. The van der Waals surface area contributed by atoms with Crippen LogP contribution in [0, 0.1) is 0 Å². The lowest BCUT2D eigenvalue weighted by atomic mass is 10.1. The van der Waals surface area contributed by atoms with Gasteiger partial charge in [-0.15, -0.1) is 0 Å². The minimum absolute atomic E-state index is 0.0151. The second kappa shape index (κ2) is 7.29. The van der Waals surface area contributed by atoms with Crippen molar-refractivity contribution in [3.05, 3.63) is 42.5 Å². The number of benzene rings is 2. The Labute approximate surface area is 137 Å². The Morgan fingerprint density at radius 2 is 1.78 bits per heavy atom. The second-order valence-electron chi connectivity index (χ2n) is 5.87. The Balaban J connectivity index is 2.05. The summed E-state index contributed by atoms with van der Waals surface area (Å²) in [7, 11) is -3.36. The van der Waals surface area contributed by atoms with Crippen LogP contribution in [0.4, 0.5) is 0 Å². The molecule has 0 bridgehead atoms. The second-order valence-corrected chi connectivity index (χ2v) is 7.80. The maximum Gasteiger partial charge on any atom is 0.211 e. The van der Waals surface area contributed by atoms with E-state index in [0.717, 1.165) is 17.0 Å². The zero-order valence-electron chi connectivity index (χ0n) is 13.6. The molecule has 2 aromatic carbocycles. The summed E-state index contributed by atoms with van der Waals surface area (Å²) in [6.45, 7) is 3.60. The summed E-state index contributed by atoms with van der Waals surface area (Å²) in [5.41, 5.74) is 0. The average molecular weight is 337 g/mol. The predicted molar refractivity (Wildman–Crippen MR) is 92.1 cm³/mol. The van der Waals surface area contributed by atoms with Crippen molar-refractivity contribution in [3.63, 3.8) is 0 Å². The van der Waals surface area contributed by atoms with Crippen molar-refractivity contribution in [2.75, 3.05) is 19.4 Å². The summed E-state index contributed by atoms with van der Waals surface area (Å²) in [5, 5.41) is 12.2. The molecule has 1 atom stereocenters. The van der Waals surface area contributed by atoms with Crippen LogP contribution in [0.25, 0.3) is 10.8 Å². The van der Waals surface area contributed by atoms with Gasteiger partial charge in [-0.25, -0.2) is 8.42 Å². The van der Waals surface area contributed by atoms with E-state index < -0.39 is 16.1 Å². The molecule has 0 fully saturated rings. The third-order valence-electron chi connectivity index (χ3n) is 3.57. The van der Waals surface area contributed by atoms with Crippen LogP contribution in [0.3, 0.4) is 0 Å². The average Bonchev–Trinajstić information content (AvgIpc) is 2.49. The molecule has 0 spiro atoms. The normalized spacial score (nSPS) is 13.7. The Morgan fingerprint density at radius 3 is 2.43 bits per heavy atom. The third kappa shape index (κ3) is 4.67. The standard InChI is InChI=1S/C17H23NO4S/c1-13(2)18(23(3,20)21)11-15(19)12-22-17-10-6-8-14-7-4-5-9-16(14)17/h4-10,13,15,19H,11-12H2,1-3H3. The number of aliphatic hydroxyl groups is 1. The molecule has 0 amide bonds. The Bertz CT molecular complexity index is 753. The van der Waals surface area contributed by atoms with Gasteiger partial charge in [0, 0.05) is 18.0 Å². The number of hydrogen-bond acceptors (Lipinski definition) is 4. The van der Waals surface area contributed by atoms with Crippen LogP contribution in [-0.4, -0.2) is 49.4 Å². The van der Waals surface area contributed by atoms with E-state index in [0.29, 0.717) is 5.75 Å². The van der Waals surface area contributed by atoms with Gasteiger partial charge in [0.25, 0.3) is 0 Å². The molecule has 0 aromatic heterocycles. The van der Waals surface area contributed by atoms with Gasteiger partial charge in [-0.05, 0) is 25.3 Å². The number of sulfonamides is 1. The molecule has 0 aliphatic carbocycles. The molecule has 6 heteroatoms. The van der Waals surface area contributed by atoms with Crippen LogP contribution in [0.5, 0.6) is 5.75 Å². The minimum atomic E-state index is -3.36. The fourth-order valence-electron chi connectivity index (χ4n) is 2.50.